The Morgan fingerprint density at radius 3 is 2.58 bits per heavy atom. The van der Waals surface area contributed by atoms with Crippen molar-refractivity contribution in [1.82, 2.24) is 29.5 Å². The van der Waals surface area contributed by atoms with Gasteiger partial charge in [0.25, 0.3) is 0 Å². The molecule has 0 atom stereocenters. The van der Waals surface area contributed by atoms with Crippen LogP contribution in [0.3, 0.4) is 0 Å². The van der Waals surface area contributed by atoms with Crippen molar-refractivity contribution < 1.29 is 22.6 Å². The van der Waals surface area contributed by atoms with Crippen LogP contribution in [0.15, 0.2) is 36.7 Å². The molecule has 2 N–H and O–H groups in total. The van der Waals surface area contributed by atoms with Gasteiger partial charge >= 0.3 is 0 Å². The first-order valence-electron chi connectivity index (χ1n) is 9.77. The van der Waals surface area contributed by atoms with Crippen molar-refractivity contribution in [3.63, 3.8) is 0 Å². The Bertz CT molecular complexity index is 1400. The Balaban J connectivity index is 2.06. The van der Waals surface area contributed by atoms with Gasteiger partial charge in [-0.15, -0.1) is 0 Å². The van der Waals surface area contributed by atoms with Crippen molar-refractivity contribution in [2.24, 2.45) is 5.14 Å². The third-order valence-corrected chi connectivity index (χ3v) is 5.20. The molecule has 0 fully saturated rings. The number of methoxy groups -OCH3 is 2. The Kier molecular flexibility index (Phi) is 6.07. The number of hydrogen-bond acceptors (Lipinski definition) is 10. The molecule has 13 heteroatoms. The molecule has 0 saturated heterocycles. The number of fused-ring (bicyclic) bond motifs is 1. The minimum absolute atomic E-state index is 0.149. The summed E-state index contributed by atoms with van der Waals surface area (Å²) in [5.74, 6) is 0.922. The van der Waals surface area contributed by atoms with E-state index in [1.54, 1.807) is 28.8 Å². The van der Waals surface area contributed by atoms with Gasteiger partial charge in [-0.1, -0.05) is 6.07 Å². The first kappa shape index (κ1) is 22.4. The van der Waals surface area contributed by atoms with Gasteiger partial charge in [-0.2, -0.15) is 0 Å². The van der Waals surface area contributed by atoms with Crippen LogP contribution in [0.4, 0.5) is 0 Å². The maximum atomic E-state index is 11.6. The van der Waals surface area contributed by atoms with Crippen LogP contribution in [-0.4, -0.2) is 58.7 Å². The zero-order chi connectivity index (χ0) is 23.6. The van der Waals surface area contributed by atoms with Crippen molar-refractivity contribution >= 4 is 21.3 Å². The molecule has 4 aromatic heterocycles. The highest BCUT2D eigenvalue weighted by atomic mass is 32.2. The SMILES string of the molecule is CCOc1cccc(-c2nc3ncc(CS(N)(=O)=O)nc3n2-c2c(OC)ccnc2OC)n1. The summed E-state index contributed by atoms with van der Waals surface area (Å²) in [6.45, 7) is 2.30. The summed E-state index contributed by atoms with van der Waals surface area (Å²) < 4.78 is 41.4. The number of hydrogen-bond donors (Lipinski definition) is 1. The van der Waals surface area contributed by atoms with Crippen LogP contribution in [0.5, 0.6) is 17.5 Å². The van der Waals surface area contributed by atoms with Crippen molar-refractivity contribution in [2.75, 3.05) is 20.8 Å². The predicted octanol–water partition coefficient (Wildman–Crippen LogP) is 1.48. The second kappa shape index (κ2) is 8.96. The molecular weight excluding hydrogens is 450 g/mol. The third-order valence-electron chi connectivity index (χ3n) is 4.51. The summed E-state index contributed by atoms with van der Waals surface area (Å²) in [4.78, 5) is 22.2. The first-order chi connectivity index (χ1) is 15.8. The summed E-state index contributed by atoms with van der Waals surface area (Å²) in [5, 5.41) is 5.20. The summed E-state index contributed by atoms with van der Waals surface area (Å²) in [6, 6.07) is 6.91. The van der Waals surface area contributed by atoms with Gasteiger partial charge in [-0.25, -0.2) is 38.5 Å². The second-order valence-electron chi connectivity index (χ2n) is 6.75. The number of nitrogens with zero attached hydrogens (tertiary/aromatic N) is 6. The van der Waals surface area contributed by atoms with Crippen molar-refractivity contribution in [3.8, 4) is 34.7 Å². The smallest absolute Gasteiger partial charge is 0.242 e. The fraction of sp³-hybridized carbons (Fsp3) is 0.250. The molecule has 0 aliphatic heterocycles. The van der Waals surface area contributed by atoms with E-state index in [2.05, 4.69) is 24.9 Å². The summed E-state index contributed by atoms with van der Waals surface area (Å²) in [7, 11) is -0.858. The van der Waals surface area contributed by atoms with Gasteiger partial charge in [0.2, 0.25) is 21.8 Å². The quantitative estimate of drug-likeness (QED) is 0.399. The highest BCUT2D eigenvalue weighted by Gasteiger charge is 2.25. The van der Waals surface area contributed by atoms with Crippen molar-refractivity contribution in [1.29, 1.82) is 0 Å². The number of ether oxygens (including phenoxy) is 3. The van der Waals surface area contributed by atoms with Crippen LogP contribution in [-0.2, 0) is 15.8 Å². The van der Waals surface area contributed by atoms with Gasteiger partial charge in [0.05, 0.1) is 32.7 Å². The molecule has 0 unspecified atom stereocenters. The molecule has 0 aliphatic carbocycles. The number of primary sulfonamides is 1. The number of pyridine rings is 2. The predicted molar refractivity (Wildman–Crippen MR) is 119 cm³/mol. The lowest BCUT2D eigenvalue weighted by atomic mass is 10.3. The van der Waals surface area contributed by atoms with E-state index in [0.29, 0.717) is 35.4 Å². The van der Waals surface area contributed by atoms with Crippen molar-refractivity contribution in [3.05, 3.63) is 42.4 Å². The lowest BCUT2D eigenvalue weighted by molar-refractivity contribution is 0.327. The molecule has 0 aromatic carbocycles. The first-order valence-corrected chi connectivity index (χ1v) is 11.5. The Hall–Kier alpha value is -3.84. The number of rotatable bonds is 8. The van der Waals surface area contributed by atoms with E-state index in [-0.39, 0.29) is 22.9 Å². The number of sulfonamides is 1. The molecule has 172 valence electrons. The zero-order valence-electron chi connectivity index (χ0n) is 18.1. The van der Waals surface area contributed by atoms with E-state index in [9.17, 15) is 8.42 Å². The molecule has 4 aromatic rings. The third kappa shape index (κ3) is 4.54. The fourth-order valence-corrected chi connectivity index (χ4v) is 3.80. The van der Waals surface area contributed by atoms with Crippen LogP contribution in [0.1, 0.15) is 12.6 Å². The molecule has 0 saturated carbocycles. The van der Waals surface area contributed by atoms with Gasteiger partial charge in [-0.05, 0) is 13.0 Å². The molecule has 33 heavy (non-hydrogen) atoms. The minimum Gasteiger partial charge on any atom is -0.494 e. The monoisotopic (exact) mass is 471 g/mol. The lowest BCUT2D eigenvalue weighted by Gasteiger charge is -2.15. The van der Waals surface area contributed by atoms with Crippen LogP contribution in [0, 0.1) is 0 Å². The number of aromatic nitrogens is 6. The van der Waals surface area contributed by atoms with E-state index in [1.807, 2.05) is 6.92 Å². The number of imidazole rings is 1. The highest BCUT2D eigenvalue weighted by Crippen LogP contribution is 2.36. The standard InChI is InChI=1S/C20H21N7O5S/c1-4-32-15-7-5-6-13(25-15)18-26-17-19(24-12(10-23-17)11-33(21,28)29)27(18)16-14(30-2)8-9-22-20(16)31-3/h5-10H,4,11H2,1-3H3,(H2,21,28,29). The van der Waals surface area contributed by atoms with Crippen LogP contribution in [0.2, 0.25) is 0 Å². The maximum absolute atomic E-state index is 11.6. The molecular formula is C20H21N7O5S. The van der Waals surface area contributed by atoms with Crippen LogP contribution >= 0.6 is 0 Å². The molecule has 4 heterocycles. The summed E-state index contributed by atoms with van der Waals surface area (Å²) in [6.07, 6.45) is 2.85. The Labute approximate surface area is 189 Å². The second-order valence-corrected chi connectivity index (χ2v) is 8.37. The van der Waals surface area contributed by atoms with E-state index < -0.39 is 15.8 Å². The maximum Gasteiger partial charge on any atom is 0.242 e. The zero-order valence-corrected chi connectivity index (χ0v) is 18.9. The van der Waals surface area contributed by atoms with Crippen molar-refractivity contribution in [2.45, 2.75) is 12.7 Å². The molecule has 12 nitrogen and oxygen atoms in total. The minimum atomic E-state index is -3.83. The van der Waals surface area contributed by atoms with Gasteiger partial charge in [-0.3, -0.25) is 4.57 Å². The highest BCUT2D eigenvalue weighted by molar-refractivity contribution is 7.88. The van der Waals surface area contributed by atoms with Gasteiger partial charge in [0.15, 0.2) is 22.8 Å². The van der Waals surface area contributed by atoms with E-state index in [1.165, 1.54) is 26.6 Å². The molecule has 0 bridgehead atoms. The Morgan fingerprint density at radius 2 is 1.88 bits per heavy atom. The lowest BCUT2D eigenvalue weighted by Crippen LogP contribution is -2.15. The molecule has 0 radical (unpaired) electrons. The molecule has 4 rings (SSSR count). The van der Waals surface area contributed by atoms with E-state index in [4.69, 9.17) is 19.3 Å². The summed E-state index contributed by atoms with van der Waals surface area (Å²) >= 11 is 0. The molecule has 0 amide bonds. The normalized spacial score (nSPS) is 11.5. The number of nitrogens with two attached hydrogens (primary N) is 1. The van der Waals surface area contributed by atoms with Gasteiger partial charge < -0.3 is 14.2 Å². The van der Waals surface area contributed by atoms with Gasteiger partial charge in [0, 0.05) is 18.3 Å². The van der Waals surface area contributed by atoms with E-state index in [0.717, 1.165) is 0 Å². The molecule has 0 aliphatic rings. The summed E-state index contributed by atoms with van der Waals surface area (Å²) in [5.41, 5.74) is 1.50. The Morgan fingerprint density at radius 1 is 1.06 bits per heavy atom. The van der Waals surface area contributed by atoms with Crippen LogP contribution < -0.4 is 19.3 Å². The topological polar surface area (TPSA) is 157 Å². The van der Waals surface area contributed by atoms with E-state index >= 15 is 0 Å². The average Bonchev–Trinajstić information content (AvgIpc) is 3.16. The van der Waals surface area contributed by atoms with Crippen LogP contribution in [0.25, 0.3) is 28.5 Å². The average molecular weight is 471 g/mol. The van der Waals surface area contributed by atoms with Gasteiger partial charge in [0.1, 0.15) is 17.2 Å². The largest absolute Gasteiger partial charge is 0.494 e. The fourth-order valence-electron chi connectivity index (χ4n) is 3.25. The molecule has 0 spiro atoms.